The van der Waals surface area contributed by atoms with Crippen LogP contribution >= 0.6 is 11.3 Å². The third kappa shape index (κ3) is 3.86. The Balaban J connectivity index is 1.87. The van der Waals surface area contributed by atoms with Gasteiger partial charge < -0.3 is 4.42 Å². The number of aryl methyl sites for hydroxylation is 3. The minimum atomic E-state index is -3.59. The Bertz CT molecular complexity index is 909. The van der Waals surface area contributed by atoms with Gasteiger partial charge in [0.25, 0.3) is 0 Å². The van der Waals surface area contributed by atoms with Crippen LogP contribution in [0.25, 0.3) is 0 Å². The van der Waals surface area contributed by atoms with Crippen LogP contribution in [-0.4, -0.2) is 15.0 Å². The summed E-state index contributed by atoms with van der Waals surface area (Å²) < 4.78 is 33.9. The maximum atomic E-state index is 12.8. The van der Waals surface area contributed by atoms with Crippen LogP contribution in [0.5, 0.6) is 0 Å². The average Bonchev–Trinajstić information content (AvgIpc) is 3.24. The van der Waals surface area contributed by atoms with Crippen molar-refractivity contribution in [3.8, 4) is 0 Å². The fourth-order valence-electron chi connectivity index (χ4n) is 2.81. The normalized spacial score (nSPS) is 13.1. The summed E-state index contributed by atoms with van der Waals surface area (Å²) in [7, 11) is -3.59. The molecule has 1 N–H and O–H groups in total. The molecule has 3 aromatic rings. The van der Waals surface area contributed by atoms with Gasteiger partial charge in [-0.1, -0.05) is 12.1 Å². The monoisotopic (exact) mass is 375 g/mol. The largest absolute Gasteiger partial charge is 0.469 e. The molecule has 132 valence electrons. The second kappa shape index (κ2) is 7.15. The first kappa shape index (κ1) is 17.9. The summed E-state index contributed by atoms with van der Waals surface area (Å²) in [4.78, 5) is 1.40. The second-order valence-electron chi connectivity index (χ2n) is 6.14. The molecule has 0 aliphatic rings. The summed E-state index contributed by atoms with van der Waals surface area (Å²) in [5.41, 5.74) is 2.80. The van der Waals surface area contributed by atoms with Crippen molar-refractivity contribution in [2.75, 3.05) is 6.54 Å². The fourth-order valence-corrected chi connectivity index (χ4v) is 5.01. The number of rotatable bonds is 6. The van der Waals surface area contributed by atoms with Crippen LogP contribution in [0.4, 0.5) is 0 Å². The van der Waals surface area contributed by atoms with Crippen LogP contribution in [0.2, 0.25) is 0 Å². The van der Waals surface area contributed by atoms with Crippen LogP contribution in [0, 0.1) is 20.8 Å². The molecule has 1 atom stereocenters. The van der Waals surface area contributed by atoms with Crippen molar-refractivity contribution in [3.05, 3.63) is 75.4 Å². The molecule has 0 bridgehead atoms. The Morgan fingerprint density at radius 1 is 1.08 bits per heavy atom. The van der Waals surface area contributed by atoms with Gasteiger partial charge in [0, 0.05) is 11.4 Å². The number of thiophene rings is 1. The SMILES string of the molecule is Cc1cc(C)c(S(=O)(=O)NC[C@H](c2ccco2)c2cccs2)cc1C. The number of hydrogen-bond donors (Lipinski definition) is 1. The molecule has 4 nitrogen and oxygen atoms in total. The molecule has 0 aliphatic carbocycles. The summed E-state index contributed by atoms with van der Waals surface area (Å²) >= 11 is 1.59. The van der Waals surface area contributed by atoms with E-state index in [1.807, 2.05) is 56.5 Å². The molecule has 0 unspecified atom stereocenters. The summed E-state index contributed by atoms with van der Waals surface area (Å²) in [6.45, 7) is 5.98. The maximum absolute atomic E-state index is 12.8. The van der Waals surface area contributed by atoms with Gasteiger partial charge >= 0.3 is 0 Å². The van der Waals surface area contributed by atoms with E-state index >= 15 is 0 Å². The van der Waals surface area contributed by atoms with Gasteiger partial charge in [0.2, 0.25) is 10.0 Å². The lowest BCUT2D eigenvalue weighted by atomic mass is 10.1. The lowest BCUT2D eigenvalue weighted by molar-refractivity contribution is 0.483. The summed E-state index contributed by atoms with van der Waals surface area (Å²) in [5, 5.41) is 1.98. The van der Waals surface area contributed by atoms with E-state index in [9.17, 15) is 8.42 Å². The summed E-state index contributed by atoms with van der Waals surface area (Å²) in [5.74, 6) is 0.610. The lowest BCUT2D eigenvalue weighted by Crippen LogP contribution is -2.29. The number of sulfonamides is 1. The molecule has 0 saturated carbocycles. The number of furan rings is 1. The number of nitrogens with one attached hydrogen (secondary N) is 1. The van der Waals surface area contributed by atoms with E-state index in [0.29, 0.717) is 4.90 Å². The molecule has 25 heavy (non-hydrogen) atoms. The zero-order valence-electron chi connectivity index (χ0n) is 14.4. The third-order valence-electron chi connectivity index (χ3n) is 4.33. The number of hydrogen-bond acceptors (Lipinski definition) is 4. The van der Waals surface area contributed by atoms with E-state index in [0.717, 1.165) is 27.3 Å². The second-order valence-corrected chi connectivity index (χ2v) is 8.85. The molecule has 2 aromatic heterocycles. The Morgan fingerprint density at radius 3 is 2.48 bits per heavy atom. The molecule has 0 aliphatic heterocycles. The molecule has 0 amide bonds. The van der Waals surface area contributed by atoms with E-state index in [1.165, 1.54) is 0 Å². The first-order valence-electron chi connectivity index (χ1n) is 8.03. The fraction of sp³-hybridized carbons (Fsp3) is 0.263. The van der Waals surface area contributed by atoms with Crippen molar-refractivity contribution in [2.24, 2.45) is 0 Å². The van der Waals surface area contributed by atoms with E-state index in [1.54, 1.807) is 23.7 Å². The van der Waals surface area contributed by atoms with Crippen molar-refractivity contribution in [3.63, 3.8) is 0 Å². The van der Waals surface area contributed by atoms with E-state index in [-0.39, 0.29) is 12.5 Å². The van der Waals surface area contributed by atoms with Crippen LogP contribution in [0.15, 0.2) is 57.4 Å². The minimum Gasteiger partial charge on any atom is -0.469 e. The van der Waals surface area contributed by atoms with Crippen LogP contribution in [-0.2, 0) is 10.0 Å². The van der Waals surface area contributed by atoms with Gasteiger partial charge in [-0.15, -0.1) is 11.3 Å². The highest BCUT2D eigenvalue weighted by Crippen LogP contribution is 2.29. The molecule has 3 rings (SSSR count). The molecule has 0 fully saturated rings. The average molecular weight is 376 g/mol. The van der Waals surface area contributed by atoms with E-state index in [2.05, 4.69) is 4.72 Å². The van der Waals surface area contributed by atoms with Crippen molar-refractivity contribution >= 4 is 21.4 Å². The van der Waals surface area contributed by atoms with E-state index < -0.39 is 10.0 Å². The van der Waals surface area contributed by atoms with Gasteiger partial charge in [-0.3, -0.25) is 0 Å². The lowest BCUT2D eigenvalue weighted by Gasteiger charge is -2.16. The van der Waals surface area contributed by atoms with Gasteiger partial charge in [0.05, 0.1) is 17.1 Å². The van der Waals surface area contributed by atoms with Gasteiger partial charge in [0.1, 0.15) is 5.76 Å². The van der Waals surface area contributed by atoms with Gasteiger partial charge in [-0.2, -0.15) is 0 Å². The zero-order valence-corrected chi connectivity index (χ0v) is 16.1. The predicted octanol–water partition coefficient (Wildman–Crippen LogP) is 4.38. The Hall–Kier alpha value is -1.89. The van der Waals surface area contributed by atoms with Gasteiger partial charge in [-0.05, 0) is 67.1 Å². The zero-order chi connectivity index (χ0) is 18.0. The van der Waals surface area contributed by atoms with Crippen LogP contribution in [0.1, 0.15) is 33.2 Å². The van der Waals surface area contributed by atoms with Crippen molar-refractivity contribution < 1.29 is 12.8 Å². The summed E-state index contributed by atoms with van der Waals surface area (Å²) in [6.07, 6.45) is 1.61. The Kier molecular flexibility index (Phi) is 5.13. The quantitative estimate of drug-likeness (QED) is 0.696. The molecule has 2 heterocycles. The molecule has 1 aromatic carbocycles. The Morgan fingerprint density at radius 2 is 1.84 bits per heavy atom. The molecule has 0 saturated heterocycles. The summed E-state index contributed by atoms with van der Waals surface area (Å²) in [6, 6.07) is 11.3. The maximum Gasteiger partial charge on any atom is 0.240 e. The van der Waals surface area contributed by atoms with Crippen LogP contribution < -0.4 is 4.72 Å². The molecule has 6 heteroatoms. The van der Waals surface area contributed by atoms with Gasteiger partial charge in [-0.25, -0.2) is 13.1 Å². The van der Waals surface area contributed by atoms with Crippen LogP contribution in [0.3, 0.4) is 0 Å². The molecular weight excluding hydrogens is 354 g/mol. The van der Waals surface area contributed by atoms with Crippen molar-refractivity contribution in [1.82, 2.24) is 4.72 Å². The molecule has 0 spiro atoms. The highest BCUT2D eigenvalue weighted by atomic mass is 32.2. The predicted molar refractivity (Wildman–Crippen MR) is 101 cm³/mol. The standard InChI is InChI=1S/C19H21NO3S2/c1-13-10-15(3)19(11-14(13)2)25(21,22)20-12-16(17-6-4-8-23-17)18-7-5-9-24-18/h4-11,16,20H,12H2,1-3H3/t16-/m1/s1. The topological polar surface area (TPSA) is 59.3 Å². The molecule has 0 radical (unpaired) electrons. The first-order valence-corrected chi connectivity index (χ1v) is 10.4. The third-order valence-corrected chi connectivity index (χ3v) is 6.88. The highest BCUT2D eigenvalue weighted by molar-refractivity contribution is 7.89. The molecular formula is C19H21NO3S2. The van der Waals surface area contributed by atoms with Gasteiger partial charge in [0.15, 0.2) is 0 Å². The highest BCUT2D eigenvalue weighted by Gasteiger charge is 2.23. The van der Waals surface area contributed by atoms with Crippen molar-refractivity contribution in [1.29, 1.82) is 0 Å². The van der Waals surface area contributed by atoms with E-state index in [4.69, 9.17) is 4.42 Å². The number of benzene rings is 1. The Labute approximate surface area is 152 Å². The van der Waals surface area contributed by atoms with Crippen molar-refractivity contribution in [2.45, 2.75) is 31.6 Å². The first-order chi connectivity index (χ1) is 11.9. The smallest absolute Gasteiger partial charge is 0.240 e. The minimum absolute atomic E-state index is 0.142.